The van der Waals surface area contributed by atoms with E-state index in [1.165, 1.54) is 102 Å². The van der Waals surface area contributed by atoms with E-state index in [4.69, 9.17) is 0 Å². The summed E-state index contributed by atoms with van der Waals surface area (Å²) in [5, 5.41) is 0. The summed E-state index contributed by atoms with van der Waals surface area (Å²) in [6.45, 7) is 3.49. The Labute approximate surface area is 145 Å². The van der Waals surface area contributed by atoms with Gasteiger partial charge in [-0.15, -0.1) is 5.69 Å². The summed E-state index contributed by atoms with van der Waals surface area (Å²) in [7, 11) is 2.21. The first kappa shape index (κ1) is 20.2. The van der Waals surface area contributed by atoms with E-state index in [0.29, 0.717) is 0 Å². The highest BCUT2D eigenvalue weighted by molar-refractivity contribution is 5.46. The second-order valence-electron chi connectivity index (χ2n) is 7.16. The van der Waals surface area contributed by atoms with Gasteiger partial charge in [-0.1, -0.05) is 90.4 Å². The molecule has 1 aromatic rings. The van der Waals surface area contributed by atoms with Gasteiger partial charge in [0.1, 0.15) is 0 Å². The van der Waals surface area contributed by atoms with E-state index in [0.717, 1.165) is 0 Å². The fourth-order valence-electron chi connectivity index (χ4n) is 3.29. The lowest BCUT2D eigenvalue weighted by Gasteiger charge is -2.23. The average Bonchev–Trinajstić information content (AvgIpc) is 3.09. The van der Waals surface area contributed by atoms with Crippen molar-refractivity contribution >= 4 is 5.69 Å². The quantitative estimate of drug-likeness (QED) is 0.228. The average molecular weight is 319 g/mol. The van der Waals surface area contributed by atoms with Gasteiger partial charge in [-0.2, -0.15) is 24.3 Å². The molecule has 1 aromatic carbocycles. The van der Waals surface area contributed by atoms with Gasteiger partial charge in [0.2, 0.25) is 0 Å². The van der Waals surface area contributed by atoms with E-state index in [1.54, 1.807) is 0 Å². The van der Waals surface area contributed by atoms with Gasteiger partial charge < -0.3 is 4.90 Å². The Morgan fingerprint density at radius 3 is 1.65 bits per heavy atom. The number of hydrogen-bond acceptors (Lipinski definition) is 1. The molecule has 0 heterocycles. The van der Waals surface area contributed by atoms with Gasteiger partial charge in [0, 0.05) is 6.54 Å². The van der Waals surface area contributed by atoms with E-state index in [1.807, 2.05) is 0 Å². The zero-order chi connectivity index (χ0) is 16.6. The predicted octanol–water partition coefficient (Wildman–Crippen LogP) is 7.32. The maximum Gasteiger partial charge on any atom is 0.00474 e. The minimum Gasteiger partial charge on any atom is -0.436 e. The Balaban J connectivity index is 1.75. The largest absolute Gasteiger partial charge is 0.436 e. The summed E-state index contributed by atoms with van der Waals surface area (Å²) in [6, 6.07) is 8.64. The molecule has 1 nitrogen and oxygen atoms in total. The van der Waals surface area contributed by atoms with Crippen LogP contribution in [0.15, 0.2) is 24.3 Å². The van der Waals surface area contributed by atoms with Gasteiger partial charge in [0.05, 0.1) is 0 Å². The second-order valence-corrected chi connectivity index (χ2v) is 7.16. The second kappa shape index (κ2) is 14.7. The number of nitrogens with zero attached hydrogens (tertiary/aromatic N) is 1. The van der Waals surface area contributed by atoms with Crippen molar-refractivity contribution in [2.75, 3.05) is 18.5 Å². The Kier molecular flexibility index (Phi) is 12.9. The van der Waals surface area contributed by atoms with Crippen LogP contribution in [0.5, 0.6) is 0 Å². The summed E-state index contributed by atoms with van der Waals surface area (Å²) in [4.78, 5) is 2.38. The van der Waals surface area contributed by atoms with Crippen LogP contribution in [0.3, 0.4) is 0 Å². The van der Waals surface area contributed by atoms with Crippen LogP contribution in [0.1, 0.15) is 96.8 Å². The summed E-state index contributed by atoms with van der Waals surface area (Å²) in [5.74, 6) is 0. The molecule has 0 N–H and O–H groups in total. The summed E-state index contributed by atoms with van der Waals surface area (Å²) >= 11 is 0. The molecule has 0 saturated carbocycles. The highest BCUT2D eigenvalue weighted by atomic mass is 15.1. The molecule has 0 aromatic heterocycles. The molecule has 0 aliphatic rings. The van der Waals surface area contributed by atoms with Crippen molar-refractivity contribution in [1.82, 2.24) is 0 Å². The molecule has 23 heavy (non-hydrogen) atoms. The van der Waals surface area contributed by atoms with Crippen molar-refractivity contribution in [3.05, 3.63) is 24.3 Å². The fourth-order valence-corrected chi connectivity index (χ4v) is 3.29. The number of rotatable bonds is 16. The van der Waals surface area contributed by atoms with Gasteiger partial charge in [-0.05, 0) is 13.5 Å². The van der Waals surface area contributed by atoms with Crippen molar-refractivity contribution in [2.45, 2.75) is 96.8 Å². The van der Waals surface area contributed by atoms with Gasteiger partial charge >= 0.3 is 0 Å². The van der Waals surface area contributed by atoms with Gasteiger partial charge in [-0.25, -0.2) is 0 Å². The fraction of sp³-hybridized carbons (Fsp3) is 0.773. The molecule has 0 saturated heterocycles. The highest BCUT2D eigenvalue weighted by Crippen LogP contribution is 2.15. The van der Waals surface area contributed by atoms with Crippen LogP contribution in [0, 0.1) is 0 Å². The lowest BCUT2D eigenvalue weighted by atomic mass is 10.0. The molecule has 0 aliphatic carbocycles. The Bertz CT molecular complexity index is 328. The van der Waals surface area contributed by atoms with E-state index in [2.05, 4.69) is 43.1 Å². The van der Waals surface area contributed by atoms with Crippen LogP contribution in [-0.2, 0) is 0 Å². The Morgan fingerprint density at radius 1 is 0.739 bits per heavy atom. The number of unbranched alkanes of at least 4 members (excludes halogenated alkanes) is 13. The monoisotopic (exact) mass is 318 g/mol. The zero-order valence-electron chi connectivity index (χ0n) is 15.9. The normalized spacial score (nSPS) is 11.0. The van der Waals surface area contributed by atoms with Crippen molar-refractivity contribution in [3.8, 4) is 0 Å². The first-order valence-corrected chi connectivity index (χ1v) is 10.3. The summed E-state index contributed by atoms with van der Waals surface area (Å²) < 4.78 is 0. The topological polar surface area (TPSA) is 3.24 Å². The van der Waals surface area contributed by atoms with Crippen molar-refractivity contribution < 1.29 is 0 Å². The third-order valence-corrected chi connectivity index (χ3v) is 4.93. The van der Waals surface area contributed by atoms with Crippen molar-refractivity contribution in [1.29, 1.82) is 0 Å². The Morgan fingerprint density at radius 2 is 1.22 bits per heavy atom. The van der Waals surface area contributed by atoms with E-state index < -0.39 is 0 Å². The van der Waals surface area contributed by atoms with Crippen LogP contribution in [0.4, 0.5) is 5.69 Å². The smallest absolute Gasteiger partial charge is 0.00474 e. The minimum atomic E-state index is 1.20. The maximum absolute atomic E-state index is 2.38. The highest BCUT2D eigenvalue weighted by Gasteiger charge is 1.96. The van der Waals surface area contributed by atoms with Gasteiger partial charge in [0.25, 0.3) is 0 Å². The maximum atomic E-state index is 2.38. The van der Waals surface area contributed by atoms with Gasteiger partial charge in [0.15, 0.2) is 0 Å². The van der Waals surface area contributed by atoms with Gasteiger partial charge in [-0.3, -0.25) is 0 Å². The lowest BCUT2D eigenvalue weighted by molar-refractivity contribution is 0.535. The molecular formula is C22H40N-. The SMILES string of the molecule is CCCCCCCCCCCCCCCCN(C)c1cc[cH-]c1. The molecule has 0 fully saturated rings. The number of anilines is 1. The third-order valence-electron chi connectivity index (χ3n) is 4.93. The van der Waals surface area contributed by atoms with E-state index in [-0.39, 0.29) is 0 Å². The number of hydrogen-bond donors (Lipinski definition) is 0. The van der Waals surface area contributed by atoms with Crippen LogP contribution < -0.4 is 4.90 Å². The molecule has 0 atom stereocenters. The van der Waals surface area contributed by atoms with Crippen LogP contribution >= 0.6 is 0 Å². The summed E-state index contributed by atoms with van der Waals surface area (Å²) in [5.41, 5.74) is 1.36. The molecule has 0 radical (unpaired) electrons. The molecule has 1 heteroatoms. The standard InChI is InChI=1S/C22H40N/c1-3-4-5-6-7-8-9-10-11-12-13-14-15-18-21-23(2)22-19-16-17-20-22/h16-17,19-20H,3-15,18,21H2,1-2H3/q-1. The van der Waals surface area contributed by atoms with Crippen LogP contribution in [-0.4, -0.2) is 13.6 Å². The third kappa shape index (κ3) is 11.3. The first-order chi connectivity index (χ1) is 11.3. The molecular weight excluding hydrogens is 278 g/mol. The summed E-state index contributed by atoms with van der Waals surface area (Å²) in [6.07, 6.45) is 20.1. The van der Waals surface area contributed by atoms with Crippen LogP contribution in [0.25, 0.3) is 0 Å². The molecule has 0 aliphatic heterocycles. The zero-order valence-corrected chi connectivity index (χ0v) is 15.9. The lowest BCUT2D eigenvalue weighted by Crippen LogP contribution is -2.17. The van der Waals surface area contributed by atoms with Crippen molar-refractivity contribution in [2.24, 2.45) is 0 Å². The molecule has 0 spiro atoms. The van der Waals surface area contributed by atoms with Crippen LogP contribution in [0.2, 0.25) is 0 Å². The minimum absolute atomic E-state index is 1.20. The predicted molar refractivity (Wildman–Crippen MR) is 106 cm³/mol. The van der Waals surface area contributed by atoms with Crippen molar-refractivity contribution in [3.63, 3.8) is 0 Å². The first-order valence-electron chi connectivity index (χ1n) is 10.3. The van der Waals surface area contributed by atoms with E-state index in [9.17, 15) is 0 Å². The molecule has 134 valence electrons. The van der Waals surface area contributed by atoms with E-state index >= 15 is 0 Å². The molecule has 0 unspecified atom stereocenters. The molecule has 1 rings (SSSR count). The Hall–Kier alpha value is -0.850. The molecule has 0 amide bonds. The molecule has 0 bridgehead atoms.